The summed E-state index contributed by atoms with van der Waals surface area (Å²) in [7, 11) is 1.61. The molecule has 0 aliphatic carbocycles. The zero-order chi connectivity index (χ0) is 16.7. The molecule has 1 heterocycles. The van der Waals surface area contributed by atoms with Crippen LogP contribution in [0.15, 0.2) is 24.3 Å². The minimum absolute atomic E-state index is 0.157. The first-order valence-corrected chi connectivity index (χ1v) is 8.25. The van der Waals surface area contributed by atoms with Crippen LogP contribution in [0.1, 0.15) is 29.9 Å². The van der Waals surface area contributed by atoms with Gasteiger partial charge in [-0.1, -0.05) is 4.49 Å². The average molecular weight is 335 g/mol. The molecule has 1 amide bonds. The molecule has 6 nitrogen and oxygen atoms in total. The molecule has 1 N–H and O–H groups in total. The first-order chi connectivity index (χ1) is 11.1. The lowest BCUT2D eigenvalue weighted by atomic mass is 10.1. The van der Waals surface area contributed by atoms with Crippen LogP contribution in [0.5, 0.6) is 5.75 Å². The van der Waals surface area contributed by atoms with Gasteiger partial charge in [0.25, 0.3) is 5.91 Å². The quantitative estimate of drug-likeness (QED) is 0.751. The maximum Gasteiger partial charge on any atom is 0.265 e. The zero-order valence-electron chi connectivity index (χ0n) is 13.5. The predicted octanol–water partition coefficient (Wildman–Crippen LogP) is 2.76. The summed E-state index contributed by atoms with van der Waals surface area (Å²) in [6, 6.07) is 7.39. The highest BCUT2D eigenvalue weighted by molar-refractivity contribution is 7.08. The van der Waals surface area contributed by atoms with E-state index in [4.69, 9.17) is 9.47 Å². The molecule has 0 atom stereocenters. The molecular weight excluding hydrogens is 314 g/mol. The lowest BCUT2D eigenvalue weighted by molar-refractivity contribution is 0.0757. The number of carbonyl (C=O) groups is 1. The van der Waals surface area contributed by atoms with Crippen LogP contribution in [0.25, 0.3) is 11.3 Å². The van der Waals surface area contributed by atoms with Crippen molar-refractivity contribution in [2.24, 2.45) is 0 Å². The van der Waals surface area contributed by atoms with E-state index in [9.17, 15) is 4.79 Å². The Bertz CT molecular complexity index is 626. The van der Waals surface area contributed by atoms with Crippen LogP contribution in [0.2, 0.25) is 0 Å². The average Bonchev–Trinajstić information content (AvgIpc) is 3.04. The van der Waals surface area contributed by atoms with Crippen LogP contribution in [0, 0.1) is 0 Å². The van der Waals surface area contributed by atoms with Crippen molar-refractivity contribution in [1.29, 1.82) is 0 Å². The van der Waals surface area contributed by atoms with E-state index in [1.165, 1.54) is 0 Å². The van der Waals surface area contributed by atoms with E-state index in [1.54, 1.807) is 7.11 Å². The molecule has 0 bridgehead atoms. The summed E-state index contributed by atoms with van der Waals surface area (Å²) >= 11 is 1.10. The molecule has 0 saturated carbocycles. The minimum Gasteiger partial charge on any atom is -0.497 e. The number of hydrogen-bond acceptors (Lipinski definition) is 6. The fraction of sp³-hybridized carbons (Fsp3) is 0.438. The molecule has 2 aromatic rings. The number of benzene rings is 1. The maximum atomic E-state index is 12.3. The Labute approximate surface area is 140 Å². The molecule has 0 spiro atoms. The molecule has 124 valence electrons. The van der Waals surface area contributed by atoms with Crippen LogP contribution in [-0.4, -0.2) is 41.9 Å². The summed E-state index contributed by atoms with van der Waals surface area (Å²) in [6.45, 7) is 5.17. The van der Waals surface area contributed by atoms with E-state index in [0.29, 0.717) is 23.7 Å². The SMILES string of the molecule is COc1ccc(-c2nnsc2C(=O)NCCCOC(C)C)cc1. The van der Waals surface area contributed by atoms with E-state index in [1.807, 2.05) is 38.1 Å². The van der Waals surface area contributed by atoms with Crippen molar-refractivity contribution in [2.45, 2.75) is 26.4 Å². The minimum atomic E-state index is -0.157. The summed E-state index contributed by atoms with van der Waals surface area (Å²) in [5.41, 5.74) is 1.43. The Morgan fingerprint density at radius 3 is 2.70 bits per heavy atom. The largest absolute Gasteiger partial charge is 0.497 e. The third kappa shape index (κ3) is 5.01. The van der Waals surface area contributed by atoms with Gasteiger partial charge < -0.3 is 14.8 Å². The van der Waals surface area contributed by atoms with Gasteiger partial charge in [0.2, 0.25) is 0 Å². The molecular formula is C16H21N3O3S. The van der Waals surface area contributed by atoms with Crippen molar-refractivity contribution >= 4 is 17.4 Å². The van der Waals surface area contributed by atoms with Crippen molar-refractivity contribution in [3.63, 3.8) is 0 Å². The Hall–Kier alpha value is -1.99. The molecule has 23 heavy (non-hydrogen) atoms. The van der Waals surface area contributed by atoms with E-state index in [-0.39, 0.29) is 12.0 Å². The second-order valence-corrected chi connectivity index (χ2v) is 5.96. The zero-order valence-corrected chi connectivity index (χ0v) is 14.4. The Morgan fingerprint density at radius 1 is 1.30 bits per heavy atom. The van der Waals surface area contributed by atoms with Crippen molar-refractivity contribution in [1.82, 2.24) is 14.9 Å². The van der Waals surface area contributed by atoms with Gasteiger partial charge >= 0.3 is 0 Å². The van der Waals surface area contributed by atoms with Gasteiger partial charge in [-0.15, -0.1) is 5.10 Å². The number of carbonyl (C=O) groups excluding carboxylic acids is 1. The van der Waals surface area contributed by atoms with E-state index in [0.717, 1.165) is 29.3 Å². The highest BCUT2D eigenvalue weighted by Crippen LogP contribution is 2.25. The predicted molar refractivity (Wildman–Crippen MR) is 89.9 cm³/mol. The molecule has 0 saturated heterocycles. The third-order valence-electron chi connectivity index (χ3n) is 3.12. The summed E-state index contributed by atoms with van der Waals surface area (Å²) in [6.07, 6.45) is 0.978. The van der Waals surface area contributed by atoms with Gasteiger partial charge in [-0.25, -0.2) is 0 Å². The summed E-state index contributed by atoms with van der Waals surface area (Å²) in [4.78, 5) is 12.8. The molecule has 0 radical (unpaired) electrons. The van der Waals surface area contributed by atoms with Crippen LogP contribution < -0.4 is 10.1 Å². The fourth-order valence-electron chi connectivity index (χ4n) is 1.95. The smallest absolute Gasteiger partial charge is 0.265 e. The molecule has 2 rings (SSSR count). The number of hydrogen-bond donors (Lipinski definition) is 1. The fourth-order valence-corrected chi connectivity index (χ4v) is 2.56. The van der Waals surface area contributed by atoms with Crippen LogP contribution >= 0.6 is 11.5 Å². The van der Waals surface area contributed by atoms with E-state index in [2.05, 4.69) is 14.9 Å². The van der Waals surface area contributed by atoms with Crippen LogP contribution in [0.3, 0.4) is 0 Å². The van der Waals surface area contributed by atoms with Gasteiger partial charge in [-0.2, -0.15) is 0 Å². The number of rotatable bonds is 8. The van der Waals surface area contributed by atoms with Gasteiger partial charge in [0.15, 0.2) is 0 Å². The number of amides is 1. The highest BCUT2D eigenvalue weighted by Gasteiger charge is 2.17. The Balaban J connectivity index is 1.95. The van der Waals surface area contributed by atoms with Crippen molar-refractivity contribution in [3.8, 4) is 17.0 Å². The monoisotopic (exact) mass is 335 g/mol. The lowest BCUT2D eigenvalue weighted by Crippen LogP contribution is -2.25. The number of methoxy groups -OCH3 is 1. The van der Waals surface area contributed by atoms with Gasteiger partial charge in [-0.05, 0) is 56.1 Å². The van der Waals surface area contributed by atoms with Crippen molar-refractivity contribution in [2.75, 3.05) is 20.3 Å². The lowest BCUT2D eigenvalue weighted by Gasteiger charge is -2.08. The van der Waals surface area contributed by atoms with E-state index < -0.39 is 0 Å². The second kappa shape index (κ2) is 8.59. The number of nitrogens with zero attached hydrogens (tertiary/aromatic N) is 2. The third-order valence-corrected chi connectivity index (χ3v) is 3.84. The highest BCUT2D eigenvalue weighted by atomic mass is 32.1. The molecule has 0 aliphatic rings. The van der Waals surface area contributed by atoms with Gasteiger partial charge in [0.1, 0.15) is 16.3 Å². The Morgan fingerprint density at radius 2 is 2.04 bits per heavy atom. The maximum absolute atomic E-state index is 12.3. The normalized spacial score (nSPS) is 10.8. The van der Waals surface area contributed by atoms with Crippen molar-refractivity contribution in [3.05, 3.63) is 29.1 Å². The molecule has 0 fully saturated rings. The van der Waals surface area contributed by atoms with Gasteiger partial charge in [0, 0.05) is 18.7 Å². The Kier molecular flexibility index (Phi) is 6.49. The summed E-state index contributed by atoms with van der Waals surface area (Å²) < 4.78 is 14.5. The van der Waals surface area contributed by atoms with Crippen LogP contribution in [-0.2, 0) is 4.74 Å². The number of nitrogens with one attached hydrogen (secondary N) is 1. The standard InChI is InChI=1S/C16H21N3O3S/c1-11(2)22-10-4-9-17-16(20)15-14(18-19-23-15)12-5-7-13(21-3)8-6-12/h5-8,11H,4,9-10H2,1-3H3,(H,17,20). The molecule has 1 aromatic heterocycles. The summed E-state index contributed by atoms with van der Waals surface area (Å²) in [5, 5.41) is 6.95. The van der Waals surface area contributed by atoms with Gasteiger partial charge in [0.05, 0.1) is 13.2 Å². The first-order valence-electron chi connectivity index (χ1n) is 7.48. The number of ether oxygens (including phenoxy) is 2. The molecule has 7 heteroatoms. The van der Waals surface area contributed by atoms with E-state index >= 15 is 0 Å². The molecule has 0 aliphatic heterocycles. The van der Waals surface area contributed by atoms with Gasteiger partial charge in [-0.3, -0.25) is 4.79 Å². The second-order valence-electron chi connectivity index (χ2n) is 5.21. The molecule has 0 unspecified atom stereocenters. The van der Waals surface area contributed by atoms with Crippen molar-refractivity contribution < 1.29 is 14.3 Å². The first kappa shape index (κ1) is 17.4. The summed E-state index contributed by atoms with van der Waals surface area (Å²) in [5.74, 6) is 0.600. The molecule has 1 aromatic carbocycles. The van der Waals surface area contributed by atoms with Crippen LogP contribution in [0.4, 0.5) is 0 Å². The topological polar surface area (TPSA) is 73.3 Å². The number of aromatic nitrogens is 2.